The molecule has 30 heavy (non-hydrogen) atoms. The summed E-state index contributed by atoms with van der Waals surface area (Å²) in [5.74, 6) is -3.69. The Morgan fingerprint density at radius 1 is 0.733 bits per heavy atom. The number of methoxy groups -OCH3 is 1. The Morgan fingerprint density at radius 2 is 1.23 bits per heavy atom. The summed E-state index contributed by atoms with van der Waals surface area (Å²) in [5.41, 5.74) is 0. The lowest BCUT2D eigenvalue weighted by Crippen LogP contribution is -2.65. The minimum absolute atomic E-state index is 0.446. The van der Waals surface area contributed by atoms with Crippen LogP contribution in [0.5, 0.6) is 0 Å². The summed E-state index contributed by atoms with van der Waals surface area (Å²) in [5, 5.41) is 0. The molecule has 0 aliphatic carbocycles. The van der Waals surface area contributed by atoms with Crippen LogP contribution in [0.2, 0.25) is 0 Å². The second-order valence-electron chi connectivity index (χ2n) is 6.38. The molecule has 1 saturated heterocycles. The van der Waals surface area contributed by atoms with Gasteiger partial charge < -0.3 is 33.2 Å². The van der Waals surface area contributed by atoms with Crippen molar-refractivity contribution in [1.82, 2.24) is 0 Å². The van der Waals surface area contributed by atoms with Crippen LogP contribution in [0.1, 0.15) is 34.6 Å². The summed E-state index contributed by atoms with van der Waals surface area (Å²) in [4.78, 5) is 57.8. The highest BCUT2D eigenvalue weighted by atomic mass is 16.7. The monoisotopic (exact) mass is 434 g/mol. The summed E-state index contributed by atoms with van der Waals surface area (Å²) in [6.07, 6.45) is -7.89. The number of carbonyl (C=O) groups is 5. The lowest BCUT2D eigenvalue weighted by atomic mass is 9.94. The normalized spacial score (nSPS) is 26.7. The van der Waals surface area contributed by atoms with Gasteiger partial charge in [0.15, 0.2) is 30.7 Å². The lowest BCUT2D eigenvalue weighted by Gasteiger charge is -2.45. The van der Waals surface area contributed by atoms with E-state index in [4.69, 9.17) is 33.2 Å². The van der Waals surface area contributed by atoms with E-state index in [2.05, 4.69) is 0 Å². The van der Waals surface area contributed by atoms with E-state index in [-0.39, 0.29) is 0 Å². The van der Waals surface area contributed by atoms with Crippen molar-refractivity contribution in [2.75, 3.05) is 13.7 Å². The largest absolute Gasteiger partial charge is 0.462 e. The van der Waals surface area contributed by atoms with Gasteiger partial charge in [0.25, 0.3) is 0 Å². The van der Waals surface area contributed by atoms with E-state index < -0.39 is 73.3 Å². The smallest absolute Gasteiger partial charge is 0.303 e. The maximum atomic E-state index is 11.7. The lowest BCUT2D eigenvalue weighted by molar-refractivity contribution is -0.312. The number of ether oxygens (including phenoxy) is 7. The van der Waals surface area contributed by atoms with Gasteiger partial charge in [0.05, 0.1) is 0 Å². The molecule has 170 valence electrons. The van der Waals surface area contributed by atoms with E-state index in [9.17, 15) is 24.0 Å². The van der Waals surface area contributed by atoms with Crippen LogP contribution in [0.4, 0.5) is 0 Å². The number of hydrogen-bond acceptors (Lipinski definition) is 12. The first-order valence-corrected chi connectivity index (χ1v) is 8.96. The fourth-order valence-electron chi connectivity index (χ4n) is 2.90. The van der Waals surface area contributed by atoms with E-state index in [0.717, 1.165) is 34.6 Å². The van der Waals surface area contributed by atoms with Crippen LogP contribution >= 0.6 is 0 Å². The molecule has 0 spiro atoms. The Labute approximate surface area is 173 Å². The Morgan fingerprint density at radius 3 is 1.67 bits per heavy atom. The Kier molecular flexibility index (Phi) is 9.66. The van der Waals surface area contributed by atoms with Crippen LogP contribution < -0.4 is 0 Å². The van der Waals surface area contributed by atoms with Crippen molar-refractivity contribution in [3.63, 3.8) is 0 Å². The van der Waals surface area contributed by atoms with E-state index in [0.29, 0.717) is 0 Å². The minimum atomic E-state index is -1.39. The van der Waals surface area contributed by atoms with Gasteiger partial charge in [0, 0.05) is 41.7 Å². The summed E-state index contributed by atoms with van der Waals surface area (Å²) in [7, 11) is 1.24. The zero-order chi connectivity index (χ0) is 23.0. The van der Waals surface area contributed by atoms with Gasteiger partial charge >= 0.3 is 29.8 Å². The van der Waals surface area contributed by atoms with Crippen LogP contribution in [0.3, 0.4) is 0 Å². The molecule has 1 unspecified atom stereocenters. The molecule has 0 radical (unpaired) electrons. The molecule has 0 bridgehead atoms. The molecule has 12 nitrogen and oxygen atoms in total. The standard InChI is InChI=1S/C18H26O12/c1-8(19)25-7-13(26-9(2)20)14-15(27-10(3)21)16(28-11(4)22)17(29-12(5)23)18(24-6)30-14/h13-18H,7H2,1-6H3/t13-,14+,15+,16-,17-,18?/m0/s1. The van der Waals surface area contributed by atoms with Crippen molar-refractivity contribution >= 4 is 29.8 Å². The van der Waals surface area contributed by atoms with Gasteiger partial charge in [-0.25, -0.2) is 0 Å². The Hall–Kier alpha value is -2.73. The molecule has 0 aromatic heterocycles. The Balaban J connectivity index is 3.41. The Bertz CT molecular complexity index is 660. The molecule has 0 aromatic carbocycles. The summed E-state index contributed by atoms with van der Waals surface area (Å²) < 4.78 is 36.7. The second-order valence-corrected chi connectivity index (χ2v) is 6.38. The van der Waals surface area contributed by atoms with Crippen molar-refractivity contribution in [3.05, 3.63) is 0 Å². The van der Waals surface area contributed by atoms with Crippen molar-refractivity contribution < 1.29 is 57.1 Å². The van der Waals surface area contributed by atoms with Crippen molar-refractivity contribution in [3.8, 4) is 0 Å². The first-order valence-electron chi connectivity index (χ1n) is 8.96. The van der Waals surface area contributed by atoms with Crippen LogP contribution in [0.15, 0.2) is 0 Å². The highest BCUT2D eigenvalue weighted by molar-refractivity contribution is 5.69. The third-order valence-corrected chi connectivity index (χ3v) is 3.80. The number of hydrogen-bond donors (Lipinski definition) is 0. The van der Waals surface area contributed by atoms with Crippen LogP contribution in [0, 0.1) is 0 Å². The molecular weight excluding hydrogens is 408 g/mol. The molecule has 1 aliphatic heterocycles. The molecular formula is C18H26O12. The van der Waals surface area contributed by atoms with Crippen LogP contribution in [-0.2, 0) is 57.1 Å². The van der Waals surface area contributed by atoms with Crippen LogP contribution in [-0.4, -0.2) is 80.4 Å². The predicted molar refractivity (Wildman–Crippen MR) is 94.5 cm³/mol. The van der Waals surface area contributed by atoms with E-state index in [1.807, 2.05) is 0 Å². The molecule has 0 N–H and O–H groups in total. The molecule has 1 heterocycles. The van der Waals surface area contributed by atoms with Crippen LogP contribution in [0.25, 0.3) is 0 Å². The van der Waals surface area contributed by atoms with Gasteiger partial charge in [-0.2, -0.15) is 0 Å². The molecule has 1 rings (SSSR count). The van der Waals surface area contributed by atoms with Gasteiger partial charge in [0.2, 0.25) is 0 Å². The predicted octanol–water partition coefficient (Wildman–Crippen LogP) is -0.352. The van der Waals surface area contributed by atoms with E-state index in [1.54, 1.807) is 0 Å². The van der Waals surface area contributed by atoms with Gasteiger partial charge in [-0.05, 0) is 0 Å². The third-order valence-electron chi connectivity index (χ3n) is 3.80. The molecule has 6 atom stereocenters. The molecule has 0 saturated carbocycles. The maximum Gasteiger partial charge on any atom is 0.303 e. The first kappa shape index (κ1) is 25.3. The fraction of sp³-hybridized carbons (Fsp3) is 0.722. The zero-order valence-electron chi connectivity index (χ0n) is 17.6. The van der Waals surface area contributed by atoms with Crippen molar-refractivity contribution in [1.29, 1.82) is 0 Å². The molecule has 12 heteroatoms. The van der Waals surface area contributed by atoms with Gasteiger partial charge in [0.1, 0.15) is 12.7 Å². The second kappa shape index (κ2) is 11.5. The topological polar surface area (TPSA) is 150 Å². The average Bonchev–Trinajstić information content (AvgIpc) is 2.60. The van der Waals surface area contributed by atoms with Gasteiger partial charge in [-0.1, -0.05) is 0 Å². The average molecular weight is 434 g/mol. The highest BCUT2D eigenvalue weighted by Crippen LogP contribution is 2.31. The SMILES string of the molecule is COC1O[C@H]([C@H](COC(C)=O)OC(C)=O)[C@@H](OC(C)=O)[C@H](OC(C)=O)[C@@H]1OC(C)=O. The molecule has 1 aliphatic rings. The quantitative estimate of drug-likeness (QED) is 0.363. The summed E-state index contributed by atoms with van der Waals surface area (Å²) in [6.45, 7) is 5.13. The van der Waals surface area contributed by atoms with E-state index >= 15 is 0 Å². The van der Waals surface area contributed by atoms with E-state index in [1.165, 1.54) is 7.11 Å². The van der Waals surface area contributed by atoms with Gasteiger partial charge in [-0.3, -0.25) is 24.0 Å². The van der Waals surface area contributed by atoms with Crippen molar-refractivity contribution in [2.24, 2.45) is 0 Å². The number of esters is 5. The fourth-order valence-corrected chi connectivity index (χ4v) is 2.90. The molecule has 0 aromatic rings. The van der Waals surface area contributed by atoms with Crippen molar-refractivity contribution in [2.45, 2.75) is 71.4 Å². The molecule has 0 amide bonds. The number of carbonyl (C=O) groups excluding carboxylic acids is 5. The van der Waals surface area contributed by atoms with Gasteiger partial charge in [-0.15, -0.1) is 0 Å². The minimum Gasteiger partial charge on any atom is -0.462 e. The zero-order valence-corrected chi connectivity index (χ0v) is 17.6. The number of rotatable bonds is 8. The molecule has 1 fully saturated rings. The third kappa shape index (κ3) is 7.59. The summed E-state index contributed by atoms with van der Waals surface area (Å²) in [6, 6.07) is 0. The summed E-state index contributed by atoms with van der Waals surface area (Å²) >= 11 is 0. The first-order chi connectivity index (χ1) is 14.0. The maximum absolute atomic E-state index is 11.7. The highest BCUT2D eigenvalue weighted by Gasteiger charge is 2.55.